The third-order valence-corrected chi connectivity index (χ3v) is 6.85. The first kappa shape index (κ1) is 19.7. The average Bonchev–Trinajstić information content (AvgIpc) is 3.43. The summed E-state index contributed by atoms with van der Waals surface area (Å²) in [5.74, 6) is 0.720. The largest absolute Gasteiger partial charge is 0.507 e. The molecule has 11 heteroatoms. The highest BCUT2D eigenvalue weighted by atomic mass is 32.1. The molecule has 0 amide bonds. The van der Waals surface area contributed by atoms with E-state index in [2.05, 4.69) is 30.7 Å². The number of nitrogens with zero attached hydrogens (tertiary/aromatic N) is 7. The van der Waals surface area contributed by atoms with Crippen LogP contribution in [0.25, 0.3) is 22.0 Å². The van der Waals surface area contributed by atoms with E-state index >= 15 is 0 Å². The number of anilines is 1. The van der Waals surface area contributed by atoms with Gasteiger partial charge in [-0.25, -0.2) is 9.37 Å². The Balaban J connectivity index is 1.35. The van der Waals surface area contributed by atoms with Crippen LogP contribution in [-0.2, 0) is 0 Å². The van der Waals surface area contributed by atoms with E-state index in [-0.39, 0.29) is 28.7 Å². The number of aromatic nitrogens is 5. The molecular formula is C20H19FN8OS. The molecule has 31 heavy (non-hydrogen) atoms. The molecule has 4 atom stereocenters. The van der Waals surface area contributed by atoms with Gasteiger partial charge < -0.3 is 15.3 Å². The minimum atomic E-state index is -0.969. The van der Waals surface area contributed by atoms with E-state index in [1.165, 1.54) is 6.07 Å². The SMILES string of the molecule is CN(c1cnc(-c2ccc(-c3nnc(C#N)s3)cc2O)nn1)[C@H]1C[C@H]2CC[C@H](N2)[C@H]1F. The summed E-state index contributed by atoms with van der Waals surface area (Å²) in [4.78, 5) is 6.15. The Bertz CT molecular complexity index is 1150. The molecule has 0 spiro atoms. The van der Waals surface area contributed by atoms with Gasteiger partial charge in [0.1, 0.15) is 23.0 Å². The fourth-order valence-corrected chi connectivity index (χ4v) is 4.95. The van der Waals surface area contributed by atoms with Crippen LogP contribution < -0.4 is 10.2 Å². The van der Waals surface area contributed by atoms with Crippen LogP contribution in [0.15, 0.2) is 24.4 Å². The molecule has 3 aromatic rings. The first-order chi connectivity index (χ1) is 15.0. The van der Waals surface area contributed by atoms with E-state index in [0.717, 1.165) is 30.6 Å². The lowest BCUT2D eigenvalue weighted by molar-refractivity contribution is 0.176. The molecule has 0 unspecified atom stereocenters. The number of fused-ring (bicyclic) bond motifs is 2. The highest BCUT2D eigenvalue weighted by Crippen LogP contribution is 2.34. The summed E-state index contributed by atoms with van der Waals surface area (Å²) in [5, 5.41) is 39.6. The Morgan fingerprint density at radius 1 is 1.26 bits per heavy atom. The molecule has 0 radical (unpaired) electrons. The maximum absolute atomic E-state index is 14.8. The summed E-state index contributed by atoms with van der Waals surface area (Å²) in [6.07, 6.45) is 3.17. The third-order valence-electron chi connectivity index (χ3n) is 5.97. The maximum Gasteiger partial charge on any atom is 0.218 e. The molecule has 2 aromatic heterocycles. The molecular weight excluding hydrogens is 419 g/mol. The van der Waals surface area contributed by atoms with Crippen molar-refractivity contribution in [3.05, 3.63) is 29.4 Å². The van der Waals surface area contributed by atoms with Gasteiger partial charge in [-0.2, -0.15) is 5.26 Å². The molecule has 2 N–H and O–H groups in total. The van der Waals surface area contributed by atoms with Crippen molar-refractivity contribution in [1.82, 2.24) is 30.7 Å². The van der Waals surface area contributed by atoms with Gasteiger partial charge in [0.25, 0.3) is 0 Å². The number of aromatic hydroxyl groups is 1. The van der Waals surface area contributed by atoms with Crippen LogP contribution in [0.1, 0.15) is 24.3 Å². The minimum absolute atomic E-state index is 0.0344. The number of nitriles is 1. The van der Waals surface area contributed by atoms with E-state index < -0.39 is 6.17 Å². The zero-order chi connectivity index (χ0) is 21.5. The monoisotopic (exact) mass is 438 g/mol. The zero-order valence-corrected chi connectivity index (χ0v) is 17.4. The first-order valence-electron chi connectivity index (χ1n) is 9.93. The van der Waals surface area contributed by atoms with E-state index in [4.69, 9.17) is 5.26 Å². The average molecular weight is 438 g/mol. The number of piperidine rings is 1. The van der Waals surface area contributed by atoms with Gasteiger partial charge in [0.05, 0.1) is 17.8 Å². The summed E-state index contributed by atoms with van der Waals surface area (Å²) in [7, 11) is 1.82. The van der Waals surface area contributed by atoms with Gasteiger partial charge in [0.15, 0.2) is 11.6 Å². The van der Waals surface area contributed by atoms with Gasteiger partial charge >= 0.3 is 0 Å². The van der Waals surface area contributed by atoms with Crippen molar-refractivity contribution in [3.63, 3.8) is 0 Å². The molecule has 2 aliphatic rings. The van der Waals surface area contributed by atoms with Crippen LogP contribution >= 0.6 is 11.3 Å². The molecule has 5 rings (SSSR count). The van der Waals surface area contributed by atoms with Gasteiger partial charge in [0.2, 0.25) is 5.01 Å². The molecule has 9 nitrogen and oxygen atoms in total. The van der Waals surface area contributed by atoms with Crippen LogP contribution in [0, 0.1) is 11.3 Å². The predicted molar refractivity (Wildman–Crippen MR) is 112 cm³/mol. The number of phenolic OH excluding ortho intramolecular Hbond substituents is 1. The van der Waals surface area contributed by atoms with Crippen molar-refractivity contribution >= 4 is 17.2 Å². The van der Waals surface area contributed by atoms with Crippen molar-refractivity contribution in [2.75, 3.05) is 11.9 Å². The van der Waals surface area contributed by atoms with Crippen LogP contribution in [-0.4, -0.2) is 61.8 Å². The molecule has 4 heterocycles. The number of alkyl halides is 1. The van der Waals surface area contributed by atoms with Gasteiger partial charge in [-0.1, -0.05) is 17.4 Å². The smallest absolute Gasteiger partial charge is 0.218 e. The van der Waals surface area contributed by atoms with E-state index in [9.17, 15) is 9.50 Å². The highest BCUT2D eigenvalue weighted by Gasteiger charge is 2.43. The second-order valence-electron chi connectivity index (χ2n) is 7.80. The Kier molecular flexibility index (Phi) is 4.95. The lowest BCUT2D eigenvalue weighted by Gasteiger charge is -2.38. The van der Waals surface area contributed by atoms with Crippen LogP contribution in [0.5, 0.6) is 5.75 Å². The van der Waals surface area contributed by atoms with Gasteiger partial charge in [-0.3, -0.25) is 0 Å². The van der Waals surface area contributed by atoms with Crippen LogP contribution in [0.4, 0.5) is 10.2 Å². The standard InChI is InChI=1S/C20H19FN8OS/c1-29(14-7-11-3-5-13(24-11)18(14)21)16-9-23-19(27-25-16)12-4-2-10(6-15(12)30)20-28-26-17(8-22)31-20/h2,4,6,9,11,13-14,18,24,30H,3,5,7H2,1H3/t11-,13+,14+,18-/m1/s1. The number of rotatable bonds is 4. The van der Waals surface area contributed by atoms with Crippen LogP contribution in [0.2, 0.25) is 0 Å². The second kappa shape index (κ2) is 7.79. The first-order valence-corrected chi connectivity index (χ1v) is 10.7. The normalized spacial score (nSPS) is 24.7. The topological polar surface area (TPSA) is 124 Å². The Morgan fingerprint density at radius 3 is 2.84 bits per heavy atom. The molecule has 2 fully saturated rings. The zero-order valence-electron chi connectivity index (χ0n) is 16.6. The fourth-order valence-electron chi connectivity index (χ4n) is 4.31. The lowest BCUT2D eigenvalue weighted by Crippen LogP contribution is -2.55. The Labute approximate surface area is 181 Å². The molecule has 0 saturated carbocycles. The number of hydrogen-bond acceptors (Lipinski definition) is 10. The Hall–Kier alpha value is -3.23. The van der Waals surface area contributed by atoms with Gasteiger partial charge in [-0.05, 0) is 31.4 Å². The van der Waals surface area contributed by atoms with Crippen molar-refractivity contribution in [2.24, 2.45) is 0 Å². The summed E-state index contributed by atoms with van der Waals surface area (Å²) < 4.78 is 14.8. The molecule has 2 aliphatic heterocycles. The molecule has 1 aromatic carbocycles. The fraction of sp³-hybridized carbons (Fsp3) is 0.400. The number of benzene rings is 1. The minimum Gasteiger partial charge on any atom is -0.507 e. The van der Waals surface area contributed by atoms with E-state index in [1.54, 1.807) is 18.3 Å². The summed E-state index contributed by atoms with van der Waals surface area (Å²) in [5.41, 5.74) is 1.05. The van der Waals surface area contributed by atoms with Crippen molar-refractivity contribution in [3.8, 4) is 33.8 Å². The van der Waals surface area contributed by atoms with E-state index in [1.807, 2.05) is 18.0 Å². The summed E-state index contributed by atoms with van der Waals surface area (Å²) in [6, 6.07) is 6.87. The van der Waals surface area contributed by atoms with Gasteiger partial charge in [0, 0.05) is 24.7 Å². The quantitative estimate of drug-likeness (QED) is 0.631. The van der Waals surface area contributed by atoms with E-state index in [0.29, 0.717) is 28.0 Å². The molecule has 2 bridgehead atoms. The molecule has 0 aliphatic carbocycles. The lowest BCUT2D eigenvalue weighted by atomic mass is 9.96. The third kappa shape index (κ3) is 3.58. The van der Waals surface area contributed by atoms with Crippen LogP contribution in [0.3, 0.4) is 0 Å². The predicted octanol–water partition coefficient (Wildman–Crippen LogP) is 2.30. The highest BCUT2D eigenvalue weighted by molar-refractivity contribution is 7.15. The molecule has 2 saturated heterocycles. The summed E-state index contributed by atoms with van der Waals surface area (Å²) in [6.45, 7) is 0. The number of nitrogens with one attached hydrogen (secondary N) is 1. The van der Waals surface area contributed by atoms with Crippen molar-refractivity contribution in [1.29, 1.82) is 5.26 Å². The number of phenols is 1. The number of halogens is 1. The second-order valence-corrected chi connectivity index (χ2v) is 8.78. The maximum atomic E-state index is 14.8. The Morgan fingerprint density at radius 2 is 2.13 bits per heavy atom. The van der Waals surface area contributed by atoms with Crippen molar-refractivity contribution < 1.29 is 9.50 Å². The van der Waals surface area contributed by atoms with Crippen molar-refractivity contribution in [2.45, 2.75) is 43.6 Å². The van der Waals surface area contributed by atoms with Gasteiger partial charge in [-0.15, -0.1) is 20.4 Å². The molecule has 158 valence electrons. The number of hydrogen-bond donors (Lipinski definition) is 2. The summed E-state index contributed by atoms with van der Waals surface area (Å²) >= 11 is 1.14.